The summed E-state index contributed by atoms with van der Waals surface area (Å²) in [5, 5.41) is 0. The van der Waals surface area contributed by atoms with Crippen molar-refractivity contribution in [1.82, 2.24) is 5.59 Å². The molecule has 0 aromatic heterocycles. The topological polar surface area (TPSA) is 47.3 Å². The molecule has 0 rings (SSSR count). The van der Waals surface area contributed by atoms with E-state index < -0.39 is 0 Å². The van der Waals surface area contributed by atoms with Crippen molar-refractivity contribution >= 4 is 0 Å². The molecule has 0 aromatic carbocycles. The van der Waals surface area contributed by atoms with Gasteiger partial charge in [-0.15, -0.1) is 0 Å². The smallest absolute Gasteiger partial charge is 0.105 e. The van der Waals surface area contributed by atoms with Gasteiger partial charge in [-0.25, -0.2) is 5.84 Å². The first kappa shape index (κ1) is 4.46. The van der Waals surface area contributed by atoms with E-state index in [0.717, 1.165) is 0 Å². The SMILES string of the molecule is C=CONN. The second-order valence-electron chi connectivity index (χ2n) is 0.402. The van der Waals surface area contributed by atoms with Gasteiger partial charge in [0.2, 0.25) is 0 Å². The standard InChI is InChI=1S/C2H6N2O/c1-2-5-4-3/h2,4H,1,3H2. The zero-order valence-electron chi connectivity index (χ0n) is 2.77. The van der Waals surface area contributed by atoms with Crippen molar-refractivity contribution in [2.24, 2.45) is 5.84 Å². The van der Waals surface area contributed by atoms with Crippen LogP contribution in [0.5, 0.6) is 0 Å². The molecular formula is C2H6N2O. The van der Waals surface area contributed by atoms with Crippen LogP contribution in [-0.2, 0) is 4.84 Å². The van der Waals surface area contributed by atoms with Crippen LogP contribution >= 0.6 is 0 Å². The minimum absolute atomic E-state index is 1.19. The van der Waals surface area contributed by atoms with E-state index >= 15 is 0 Å². The Morgan fingerprint density at radius 1 is 2.00 bits per heavy atom. The molecule has 0 saturated carbocycles. The second-order valence-corrected chi connectivity index (χ2v) is 0.402. The van der Waals surface area contributed by atoms with Gasteiger partial charge >= 0.3 is 0 Å². The number of rotatable bonds is 2. The highest BCUT2D eigenvalue weighted by atomic mass is 16.7. The molecule has 0 fully saturated rings. The maximum atomic E-state index is 4.60. The van der Waals surface area contributed by atoms with Gasteiger partial charge in [0, 0.05) is 0 Å². The number of hydrogen-bond acceptors (Lipinski definition) is 3. The van der Waals surface area contributed by atoms with Crippen LogP contribution in [0.15, 0.2) is 12.8 Å². The fourth-order valence-electron chi connectivity index (χ4n) is 0.0481. The Labute approximate surface area is 30.3 Å². The molecule has 5 heavy (non-hydrogen) atoms. The summed E-state index contributed by atoms with van der Waals surface area (Å²) in [6.45, 7) is 3.19. The van der Waals surface area contributed by atoms with Crippen LogP contribution in [0, 0.1) is 0 Å². The summed E-state index contributed by atoms with van der Waals surface area (Å²) >= 11 is 0. The number of hydrazine groups is 1. The number of nitrogens with one attached hydrogen (secondary N) is 1. The summed E-state index contributed by atoms with van der Waals surface area (Å²) in [5.74, 6) is 4.60. The zero-order chi connectivity index (χ0) is 4.12. The molecule has 30 valence electrons. The average Bonchev–Trinajstić information content (AvgIpc) is 1.41. The van der Waals surface area contributed by atoms with Crippen LogP contribution in [0.1, 0.15) is 0 Å². The van der Waals surface area contributed by atoms with Crippen molar-refractivity contribution in [3.05, 3.63) is 12.8 Å². The van der Waals surface area contributed by atoms with E-state index in [2.05, 4.69) is 17.3 Å². The Kier molecular flexibility index (Phi) is 3.09. The van der Waals surface area contributed by atoms with Gasteiger partial charge in [-0.1, -0.05) is 12.2 Å². The third kappa shape index (κ3) is 3.46. The van der Waals surface area contributed by atoms with Crippen LogP contribution in [0.3, 0.4) is 0 Å². The molecule has 0 bridgehead atoms. The lowest BCUT2D eigenvalue weighted by Gasteiger charge is -1.86. The maximum absolute atomic E-state index is 4.60. The molecule has 0 radical (unpaired) electrons. The highest BCUT2D eigenvalue weighted by Gasteiger charge is 1.51. The Morgan fingerprint density at radius 2 is 2.60 bits per heavy atom. The molecule has 0 amide bonds. The molecule has 0 atom stereocenters. The van der Waals surface area contributed by atoms with Gasteiger partial charge in [-0.3, -0.25) is 0 Å². The molecule has 0 spiro atoms. The molecule has 0 unspecified atom stereocenters. The average molecular weight is 74.1 g/mol. The van der Waals surface area contributed by atoms with Gasteiger partial charge in [0.15, 0.2) is 0 Å². The fraction of sp³-hybridized carbons (Fsp3) is 0. The first-order valence-corrected chi connectivity index (χ1v) is 1.14. The summed E-state index contributed by atoms with van der Waals surface area (Å²) in [6, 6.07) is 0. The van der Waals surface area contributed by atoms with Gasteiger partial charge in [0.05, 0.1) is 0 Å². The number of nitrogens with two attached hydrogens (primary N) is 1. The monoisotopic (exact) mass is 74.0 g/mol. The van der Waals surface area contributed by atoms with E-state index in [-0.39, 0.29) is 0 Å². The third-order valence-corrected chi connectivity index (χ3v) is 0.151. The largest absolute Gasteiger partial charge is 0.403 e. The van der Waals surface area contributed by atoms with Gasteiger partial charge in [-0.2, -0.15) is 0 Å². The second kappa shape index (κ2) is 3.46. The Balaban J connectivity index is 2.40. The summed E-state index contributed by atoms with van der Waals surface area (Å²) in [5.41, 5.74) is 1.90. The summed E-state index contributed by atoms with van der Waals surface area (Å²) in [6.07, 6.45) is 1.19. The number of hydrogen-bond donors (Lipinski definition) is 2. The van der Waals surface area contributed by atoms with Crippen LogP contribution < -0.4 is 11.4 Å². The molecule has 3 nitrogen and oxygen atoms in total. The van der Waals surface area contributed by atoms with Crippen molar-refractivity contribution in [1.29, 1.82) is 0 Å². The predicted molar refractivity (Wildman–Crippen MR) is 18.6 cm³/mol. The Bertz CT molecular complexity index is 28.8. The van der Waals surface area contributed by atoms with Crippen molar-refractivity contribution < 1.29 is 4.84 Å². The Hall–Kier alpha value is -0.540. The molecule has 0 aliphatic heterocycles. The van der Waals surface area contributed by atoms with Crippen LogP contribution in [0.4, 0.5) is 0 Å². The van der Waals surface area contributed by atoms with Crippen LogP contribution in [-0.4, -0.2) is 0 Å². The van der Waals surface area contributed by atoms with Gasteiger partial charge in [-0.05, 0) is 0 Å². The van der Waals surface area contributed by atoms with Crippen molar-refractivity contribution in [2.75, 3.05) is 0 Å². The van der Waals surface area contributed by atoms with E-state index in [1.54, 1.807) is 0 Å². The first-order chi connectivity index (χ1) is 2.41. The maximum Gasteiger partial charge on any atom is 0.105 e. The molecule has 0 aliphatic rings. The fourth-order valence-corrected chi connectivity index (χ4v) is 0.0481. The van der Waals surface area contributed by atoms with Gasteiger partial charge in [0.1, 0.15) is 6.26 Å². The minimum atomic E-state index is 1.19. The van der Waals surface area contributed by atoms with Crippen LogP contribution in [0.25, 0.3) is 0 Å². The van der Waals surface area contributed by atoms with Crippen molar-refractivity contribution in [3.63, 3.8) is 0 Å². The quantitative estimate of drug-likeness (QED) is 0.264. The lowest BCUT2D eigenvalue weighted by molar-refractivity contribution is 0.137. The lowest BCUT2D eigenvalue weighted by Crippen LogP contribution is -2.18. The van der Waals surface area contributed by atoms with Gasteiger partial charge in [0.25, 0.3) is 0 Å². The van der Waals surface area contributed by atoms with Crippen molar-refractivity contribution in [3.8, 4) is 0 Å². The van der Waals surface area contributed by atoms with Crippen LogP contribution in [0.2, 0.25) is 0 Å². The van der Waals surface area contributed by atoms with E-state index in [9.17, 15) is 0 Å². The van der Waals surface area contributed by atoms with Gasteiger partial charge < -0.3 is 4.84 Å². The van der Waals surface area contributed by atoms with E-state index in [1.165, 1.54) is 6.26 Å². The minimum Gasteiger partial charge on any atom is -0.403 e. The van der Waals surface area contributed by atoms with Crippen molar-refractivity contribution in [2.45, 2.75) is 0 Å². The highest BCUT2D eigenvalue weighted by molar-refractivity contribution is 4.42. The molecule has 0 aliphatic carbocycles. The normalized spacial score (nSPS) is 6.60. The lowest BCUT2D eigenvalue weighted by atomic mass is 11.2. The third-order valence-electron chi connectivity index (χ3n) is 0.151. The summed E-state index contributed by atoms with van der Waals surface area (Å²) in [7, 11) is 0. The zero-order valence-corrected chi connectivity index (χ0v) is 2.77. The summed E-state index contributed by atoms with van der Waals surface area (Å²) in [4.78, 5) is 4.12. The van der Waals surface area contributed by atoms with E-state index in [4.69, 9.17) is 0 Å². The highest BCUT2D eigenvalue weighted by Crippen LogP contribution is 1.51. The summed E-state index contributed by atoms with van der Waals surface area (Å²) < 4.78 is 0. The first-order valence-electron chi connectivity index (χ1n) is 1.14. The molecule has 0 saturated heterocycles. The predicted octanol–water partition coefficient (Wildman–Crippen LogP) is -0.475. The molecule has 3 N–H and O–H groups in total. The molecule has 3 heteroatoms. The van der Waals surface area contributed by atoms with E-state index in [0.29, 0.717) is 0 Å². The van der Waals surface area contributed by atoms with E-state index in [1.807, 2.05) is 5.59 Å². The molecular weight excluding hydrogens is 68.0 g/mol. The molecule has 0 heterocycles. The Morgan fingerprint density at radius 3 is 2.60 bits per heavy atom. The molecule has 0 aromatic rings.